The van der Waals surface area contributed by atoms with Gasteiger partial charge in [-0.1, -0.05) is 11.6 Å². The fourth-order valence-corrected chi connectivity index (χ4v) is 3.08. The Morgan fingerprint density at radius 2 is 1.81 bits per heavy atom. The summed E-state index contributed by atoms with van der Waals surface area (Å²) in [7, 11) is 0. The highest BCUT2D eigenvalue weighted by atomic mass is 35.5. The molecule has 2 amide bonds. The molecule has 142 valence electrons. The van der Waals surface area contributed by atoms with Gasteiger partial charge in [0.2, 0.25) is 5.91 Å². The van der Waals surface area contributed by atoms with Gasteiger partial charge in [-0.05, 0) is 36.8 Å². The van der Waals surface area contributed by atoms with Crippen LogP contribution in [0.15, 0.2) is 30.3 Å². The standard InChI is InChI=1S/C17H12Cl3F2N3O2/c18-10-2-1-7(24-16(27)9-6-17(9,19)20)5-8(10)15(26)25-14-11(21)3-4-12(23)13(14)22/h1-5,9H,6,23H2,(H,24,27)(H,25,26). The van der Waals surface area contributed by atoms with Gasteiger partial charge in [0.25, 0.3) is 5.91 Å². The van der Waals surface area contributed by atoms with Gasteiger partial charge in [-0.15, -0.1) is 23.2 Å². The average Bonchev–Trinajstić information content (AvgIpc) is 3.25. The first-order chi connectivity index (χ1) is 12.6. The number of rotatable bonds is 4. The molecule has 0 radical (unpaired) electrons. The SMILES string of the molecule is Nc1ccc(F)c(NC(=O)c2cc(NC(=O)C3CC3(Cl)Cl)ccc2Cl)c1F. The third-order valence-corrected chi connectivity index (χ3v) is 5.15. The number of nitrogen functional groups attached to an aromatic ring is 1. The number of hydrogen-bond donors (Lipinski definition) is 3. The van der Waals surface area contributed by atoms with E-state index in [1.54, 1.807) is 0 Å². The van der Waals surface area contributed by atoms with Gasteiger partial charge in [0.1, 0.15) is 15.8 Å². The Labute approximate surface area is 167 Å². The van der Waals surface area contributed by atoms with Gasteiger partial charge < -0.3 is 16.4 Å². The van der Waals surface area contributed by atoms with Gasteiger partial charge in [-0.25, -0.2) is 8.78 Å². The number of carbonyl (C=O) groups excluding carboxylic acids is 2. The van der Waals surface area contributed by atoms with Crippen molar-refractivity contribution in [1.29, 1.82) is 0 Å². The quantitative estimate of drug-likeness (QED) is 0.486. The molecule has 0 saturated heterocycles. The summed E-state index contributed by atoms with van der Waals surface area (Å²) in [5, 5.41) is 4.68. The minimum atomic E-state index is -1.10. The van der Waals surface area contributed by atoms with Crippen molar-refractivity contribution in [3.05, 3.63) is 52.6 Å². The molecule has 0 bridgehead atoms. The number of halogens is 5. The van der Waals surface area contributed by atoms with Crippen molar-refractivity contribution in [3.8, 4) is 0 Å². The lowest BCUT2D eigenvalue weighted by atomic mass is 10.1. The zero-order chi connectivity index (χ0) is 19.9. The van der Waals surface area contributed by atoms with Crippen LogP contribution in [0.2, 0.25) is 5.02 Å². The molecule has 4 N–H and O–H groups in total. The Hall–Kier alpha value is -2.09. The lowest BCUT2D eigenvalue weighted by Crippen LogP contribution is -2.18. The first-order valence-electron chi connectivity index (χ1n) is 7.63. The van der Waals surface area contributed by atoms with Gasteiger partial charge in [0.05, 0.1) is 22.2 Å². The molecule has 5 nitrogen and oxygen atoms in total. The van der Waals surface area contributed by atoms with Crippen molar-refractivity contribution in [2.24, 2.45) is 5.92 Å². The van der Waals surface area contributed by atoms with Crippen molar-refractivity contribution in [3.63, 3.8) is 0 Å². The van der Waals surface area contributed by atoms with Gasteiger partial charge in [0.15, 0.2) is 5.82 Å². The average molecular weight is 435 g/mol. The zero-order valence-electron chi connectivity index (χ0n) is 13.5. The Morgan fingerprint density at radius 1 is 1.15 bits per heavy atom. The molecule has 0 aliphatic heterocycles. The van der Waals surface area contributed by atoms with Gasteiger partial charge in [-0.2, -0.15) is 0 Å². The Kier molecular flexibility index (Phi) is 5.20. The molecule has 0 heterocycles. The minimum Gasteiger partial charge on any atom is -0.396 e. The third kappa shape index (κ3) is 4.10. The molecule has 1 aliphatic carbocycles. The Bertz CT molecular complexity index is 953. The number of alkyl halides is 2. The molecule has 0 spiro atoms. The summed E-state index contributed by atoms with van der Waals surface area (Å²) < 4.78 is 26.7. The number of nitrogens with one attached hydrogen (secondary N) is 2. The summed E-state index contributed by atoms with van der Waals surface area (Å²) in [6.07, 6.45) is 0.316. The largest absolute Gasteiger partial charge is 0.396 e. The summed E-state index contributed by atoms with van der Waals surface area (Å²) in [6.45, 7) is 0. The second kappa shape index (κ2) is 7.14. The molecule has 2 aromatic rings. The van der Waals surface area contributed by atoms with Crippen LogP contribution in [0.5, 0.6) is 0 Å². The normalized spacial score (nSPS) is 17.3. The van der Waals surface area contributed by atoms with E-state index in [0.29, 0.717) is 6.42 Å². The molecule has 27 heavy (non-hydrogen) atoms. The van der Waals surface area contributed by atoms with E-state index < -0.39 is 39.4 Å². The first kappa shape index (κ1) is 19.7. The zero-order valence-corrected chi connectivity index (χ0v) is 15.7. The molecule has 10 heteroatoms. The second-order valence-electron chi connectivity index (χ2n) is 5.98. The summed E-state index contributed by atoms with van der Waals surface area (Å²) in [6, 6.07) is 6.05. The highest BCUT2D eigenvalue weighted by Crippen LogP contribution is 2.53. The van der Waals surface area contributed by atoms with E-state index in [9.17, 15) is 18.4 Å². The monoisotopic (exact) mass is 433 g/mol. The van der Waals surface area contributed by atoms with Gasteiger partial charge in [-0.3, -0.25) is 9.59 Å². The molecule has 2 aromatic carbocycles. The molecule has 1 aliphatic rings. The molecule has 0 aromatic heterocycles. The first-order valence-corrected chi connectivity index (χ1v) is 8.76. The van der Waals surface area contributed by atoms with E-state index >= 15 is 0 Å². The maximum absolute atomic E-state index is 14.0. The summed E-state index contributed by atoms with van der Waals surface area (Å²) in [4.78, 5) is 24.5. The fraction of sp³-hybridized carbons (Fsp3) is 0.176. The number of amides is 2. The molecular formula is C17H12Cl3F2N3O2. The number of nitrogens with two attached hydrogens (primary N) is 1. The minimum absolute atomic E-state index is 0.0191. The van der Waals surface area contributed by atoms with Crippen molar-refractivity contribution in [1.82, 2.24) is 0 Å². The number of carbonyl (C=O) groups is 2. The van der Waals surface area contributed by atoms with E-state index in [1.807, 2.05) is 0 Å². The van der Waals surface area contributed by atoms with Crippen molar-refractivity contribution in [2.45, 2.75) is 10.8 Å². The van der Waals surface area contributed by atoms with E-state index in [0.717, 1.165) is 12.1 Å². The third-order valence-electron chi connectivity index (χ3n) is 3.98. The highest BCUT2D eigenvalue weighted by Gasteiger charge is 2.56. The van der Waals surface area contributed by atoms with Crippen LogP contribution in [-0.4, -0.2) is 16.1 Å². The van der Waals surface area contributed by atoms with E-state index in [1.165, 1.54) is 18.2 Å². The van der Waals surface area contributed by atoms with Gasteiger partial charge >= 0.3 is 0 Å². The molecule has 3 rings (SSSR count). The molecule has 1 atom stereocenters. The lowest BCUT2D eigenvalue weighted by molar-refractivity contribution is -0.117. The summed E-state index contributed by atoms with van der Waals surface area (Å²) in [5.41, 5.74) is 4.51. The Morgan fingerprint density at radius 3 is 2.44 bits per heavy atom. The van der Waals surface area contributed by atoms with Crippen LogP contribution in [-0.2, 0) is 4.79 Å². The van der Waals surface area contributed by atoms with Crippen LogP contribution in [0.4, 0.5) is 25.8 Å². The molecule has 1 unspecified atom stereocenters. The smallest absolute Gasteiger partial charge is 0.257 e. The van der Waals surface area contributed by atoms with Gasteiger partial charge in [0, 0.05) is 5.69 Å². The fourth-order valence-electron chi connectivity index (χ4n) is 2.37. The maximum Gasteiger partial charge on any atom is 0.257 e. The van der Waals surface area contributed by atoms with Crippen LogP contribution < -0.4 is 16.4 Å². The van der Waals surface area contributed by atoms with Crippen LogP contribution in [0.1, 0.15) is 16.8 Å². The van der Waals surface area contributed by atoms with Crippen molar-refractivity contribution >= 4 is 63.7 Å². The van der Waals surface area contributed by atoms with Crippen molar-refractivity contribution in [2.75, 3.05) is 16.4 Å². The summed E-state index contributed by atoms with van der Waals surface area (Å²) in [5.74, 6) is -3.95. The molecular weight excluding hydrogens is 423 g/mol. The number of benzene rings is 2. The number of anilines is 3. The summed E-state index contributed by atoms with van der Waals surface area (Å²) >= 11 is 17.7. The molecule has 1 fully saturated rings. The molecule has 1 saturated carbocycles. The highest BCUT2D eigenvalue weighted by molar-refractivity contribution is 6.52. The van der Waals surface area contributed by atoms with Crippen LogP contribution in [0, 0.1) is 17.6 Å². The lowest BCUT2D eigenvalue weighted by Gasteiger charge is -2.12. The van der Waals surface area contributed by atoms with Crippen LogP contribution >= 0.6 is 34.8 Å². The van der Waals surface area contributed by atoms with E-state index in [2.05, 4.69) is 10.6 Å². The van der Waals surface area contributed by atoms with Crippen LogP contribution in [0.3, 0.4) is 0 Å². The predicted octanol–water partition coefficient (Wildman–Crippen LogP) is 4.59. The number of hydrogen-bond acceptors (Lipinski definition) is 3. The predicted molar refractivity (Wildman–Crippen MR) is 101 cm³/mol. The topological polar surface area (TPSA) is 84.2 Å². The van der Waals surface area contributed by atoms with Crippen LogP contribution in [0.25, 0.3) is 0 Å². The maximum atomic E-state index is 14.0. The van der Waals surface area contributed by atoms with Crippen molar-refractivity contribution < 1.29 is 18.4 Å². The van der Waals surface area contributed by atoms with E-state index in [4.69, 9.17) is 40.5 Å². The second-order valence-corrected chi connectivity index (χ2v) is 7.93. The Balaban J connectivity index is 1.81. The van der Waals surface area contributed by atoms with E-state index in [-0.39, 0.29) is 22.0 Å².